The van der Waals surface area contributed by atoms with Gasteiger partial charge in [-0.15, -0.1) is 11.3 Å². The molecule has 2 aromatic heterocycles. The van der Waals surface area contributed by atoms with Gasteiger partial charge in [-0.05, 0) is 90.9 Å². The molecule has 0 bridgehead atoms. The molecule has 1 fully saturated rings. The first kappa shape index (κ1) is 73.0. The van der Waals surface area contributed by atoms with Crippen LogP contribution in [0.1, 0.15) is 36.9 Å². The van der Waals surface area contributed by atoms with Gasteiger partial charge in [0, 0.05) is 50.0 Å². The second kappa shape index (κ2) is 42.2. The maximum absolute atomic E-state index is 15.6. The molecule has 3 aromatic carbocycles. The minimum absolute atomic E-state index is 0.0108. The van der Waals surface area contributed by atoms with Crippen LogP contribution >= 0.6 is 22.9 Å². The fraction of sp³-hybridized carbons (Fsp3) is 0.557. The number of sulfonamides is 1. The number of likely N-dealkylation sites (tertiary alicyclic amines) is 1. The van der Waals surface area contributed by atoms with Crippen molar-refractivity contribution >= 4 is 44.7 Å². The average Bonchev–Trinajstić information content (AvgIpc) is 1.34. The van der Waals surface area contributed by atoms with Gasteiger partial charge in [-0.25, -0.2) is 17.8 Å². The molecule has 0 aliphatic carbocycles. The van der Waals surface area contributed by atoms with Crippen molar-refractivity contribution in [3.8, 4) is 33.8 Å². The normalized spacial score (nSPS) is 13.2. The number of hydrogen-bond donors (Lipinski definition) is 2. The van der Waals surface area contributed by atoms with Crippen LogP contribution in [0, 0.1) is 11.7 Å². The highest BCUT2D eigenvalue weighted by atomic mass is 35.5. The van der Waals surface area contributed by atoms with E-state index >= 15 is 4.39 Å². The molecule has 0 atom stereocenters. The Kier molecular flexibility index (Phi) is 34.6. The third-order valence-corrected chi connectivity index (χ3v) is 15.7. The van der Waals surface area contributed by atoms with Crippen LogP contribution in [0.4, 0.5) is 23.4 Å². The molecular formula is C61H82ClF4N5O16S2. The number of carbonyl (C=O) groups is 1. The number of hydrogen-bond acceptors (Lipinski definition) is 20. The number of nitrogens with one attached hydrogen (secondary N) is 2. The lowest BCUT2D eigenvalue weighted by Gasteiger charge is -2.32. The monoisotopic (exact) mass is 1320 g/mol. The van der Waals surface area contributed by atoms with E-state index in [1.165, 1.54) is 23.0 Å². The maximum atomic E-state index is 15.6. The van der Waals surface area contributed by atoms with Gasteiger partial charge in [-0.2, -0.15) is 13.2 Å². The third kappa shape index (κ3) is 28.6. The predicted molar refractivity (Wildman–Crippen MR) is 326 cm³/mol. The number of carbonyl (C=O) groups excluding carboxylic acids is 1. The van der Waals surface area contributed by atoms with Crippen molar-refractivity contribution in [3.63, 3.8) is 0 Å². The average molecular weight is 1320 g/mol. The van der Waals surface area contributed by atoms with Crippen molar-refractivity contribution in [1.82, 2.24) is 20.2 Å². The zero-order valence-electron chi connectivity index (χ0n) is 50.2. The number of piperidine rings is 1. The first-order chi connectivity index (χ1) is 43.3. The molecule has 1 aliphatic heterocycles. The van der Waals surface area contributed by atoms with Gasteiger partial charge in [0.25, 0.3) is 10.0 Å². The number of halogens is 5. The zero-order chi connectivity index (χ0) is 63.2. The van der Waals surface area contributed by atoms with Gasteiger partial charge in [0.05, 0.1) is 180 Å². The van der Waals surface area contributed by atoms with Gasteiger partial charge in [-0.3, -0.25) is 14.5 Å². The summed E-state index contributed by atoms with van der Waals surface area (Å²) >= 11 is 7.67. The summed E-state index contributed by atoms with van der Waals surface area (Å²) in [5.74, 6) is -0.701. The number of amides is 1. The van der Waals surface area contributed by atoms with Crippen LogP contribution in [-0.2, 0) is 84.4 Å². The summed E-state index contributed by atoms with van der Waals surface area (Å²) in [7, 11) is -2.78. The lowest BCUT2D eigenvalue weighted by atomic mass is 9.93. The van der Waals surface area contributed by atoms with Gasteiger partial charge in [0.2, 0.25) is 5.91 Å². The number of alkyl halides is 3. The van der Waals surface area contributed by atoms with Gasteiger partial charge in [-0.1, -0.05) is 29.8 Å². The van der Waals surface area contributed by atoms with Crippen LogP contribution in [-0.4, -0.2) is 208 Å². The summed E-state index contributed by atoms with van der Waals surface area (Å²) in [6.45, 7) is 13.1. The number of ether oxygens (including phenoxy) is 13. The summed E-state index contributed by atoms with van der Waals surface area (Å²) < 4.78 is 157. The fourth-order valence-electron chi connectivity index (χ4n) is 8.76. The number of pyridine rings is 1. The SMILES string of the molecule is COCCOCCOCCOCCOCCOCCOCCOCCOCCOCCOCCOCCC(=O)N1CCC(CCNCc2cc(-c3cc(-c4cccc(C(F)(F)F)c4)ccc3Oc3cc(F)c(S(=O)(=O)Nc4cscn4)cc3Cl)ccn2)CC1. The Morgan fingerprint density at radius 3 is 1.69 bits per heavy atom. The van der Waals surface area contributed by atoms with E-state index in [0.29, 0.717) is 218 Å². The molecule has 1 saturated heterocycles. The van der Waals surface area contributed by atoms with E-state index in [4.69, 9.17) is 73.2 Å². The number of rotatable bonds is 48. The van der Waals surface area contributed by atoms with Gasteiger partial charge >= 0.3 is 6.18 Å². The highest BCUT2D eigenvalue weighted by Crippen LogP contribution is 2.41. The van der Waals surface area contributed by atoms with E-state index in [9.17, 15) is 26.4 Å². The molecular weight excluding hydrogens is 1230 g/mol. The first-order valence-electron chi connectivity index (χ1n) is 29.5. The number of aromatic nitrogens is 2. The molecule has 6 rings (SSSR count). The summed E-state index contributed by atoms with van der Waals surface area (Å²) in [5, 5.41) is 4.68. The third-order valence-electron chi connectivity index (χ3n) is 13.4. The predicted octanol–water partition coefficient (Wildman–Crippen LogP) is 9.21. The summed E-state index contributed by atoms with van der Waals surface area (Å²) in [5.41, 5.74) is 2.99. The molecule has 89 heavy (non-hydrogen) atoms. The lowest BCUT2D eigenvalue weighted by Crippen LogP contribution is -2.39. The Bertz CT molecular complexity index is 2880. The molecule has 2 N–H and O–H groups in total. The second-order valence-corrected chi connectivity index (χ2v) is 22.7. The summed E-state index contributed by atoms with van der Waals surface area (Å²) in [6, 6.07) is 15.0. The number of nitrogens with zero attached hydrogens (tertiary/aromatic N) is 3. The Morgan fingerprint density at radius 2 is 1.17 bits per heavy atom. The molecule has 5 aromatic rings. The Hall–Kier alpha value is -5.05. The molecule has 21 nitrogen and oxygen atoms in total. The quantitative estimate of drug-likeness (QED) is 0.0273. The number of benzene rings is 3. The first-order valence-corrected chi connectivity index (χ1v) is 32.3. The topological polar surface area (TPSA) is 224 Å². The van der Waals surface area contributed by atoms with Crippen molar-refractivity contribution in [3.05, 3.63) is 106 Å². The lowest BCUT2D eigenvalue weighted by molar-refractivity contribution is -0.137. The minimum Gasteiger partial charge on any atom is -0.455 e. The van der Waals surface area contributed by atoms with Crippen molar-refractivity contribution < 1.29 is 92.4 Å². The molecule has 3 heterocycles. The highest BCUT2D eigenvalue weighted by molar-refractivity contribution is 7.92. The van der Waals surface area contributed by atoms with Crippen molar-refractivity contribution in [2.75, 3.05) is 183 Å². The van der Waals surface area contributed by atoms with E-state index in [1.807, 2.05) is 11.0 Å². The second-order valence-electron chi connectivity index (χ2n) is 19.9. The maximum Gasteiger partial charge on any atom is 0.416 e. The Balaban J connectivity index is 0.765. The van der Waals surface area contributed by atoms with Crippen LogP contribution in [0.5, 0.6) is 11.5 Å². The number of anilines is 1. The molecule has 1 aliphatic rings. The molecule has 0 unspecified atom stereocenters. The van der Waals surface area contributed by atoms with Crippen molar-refractivity contribution in [1.29, 1.82) is 0 Å². The van der Waals surface area contributed by atoms with Gasteiger partial charge < -0.3 is 71.8 Å². The zero-order valence-corrected chi connectivity index (χ0v) is 52.5. The van der Waals surface area contributed by atoms with Crippen LogP contribution < -0.4 is 14.8 Å². The van der Waals surface area contributed by atoms with E-state index < -0.39 is 32.5 Å². The molecule has 28 heteroatoms. The minimum atomic E-state index is -4.57. The Morgan fingerprint density at radius 1 is 0.640 bits per heavy atom. The summed E-state index contributed by atoms with van der Waals surface area (Å²) in [4.78, 5) is 22.5. The van der Waals surface area contributed by atoms with Crippen molar-refractivity contribution in [2.45, 2.75) is 43.3 Å². The van der Waals surface area contributed by atoms with Gasteiger partial charge in [0.15, 0.2) is 5.82 Å². The largest absolute Gasteiger partial charge is 0.455 e. The van der Waals surface area contributed by atoms with E-state index in [0.717, 1.165) is 54.9 Å². The molecule has 494 valence electrons. The Labute approximate surface area is 527 Å². The highest BCUT2D eigenvalue weighted by Gasteiger charge is 2.31. The van der Waals surface area contributed by atoms with E-state index in [1.54, 1.807) is 37.6 Å². The van der Waals surface area contributed by atoms with Crippen molar-refractivity contribution in [2.24, 2.45) is 5.92 Å². The van der Waals surface area contributed by atoms with Gasteiger partial charge in [0.1, 0.15) is 22.2 Å². The molecule has 0 spiro atoms. The molecule has 0 saturated carbocycles. The van der Waals surface area contributed by atoms with Crippen LogP contribution in [0.15, 0.2) is 88.7 Å². The number of methoxy groups -OCH3 is 1. The molecule has 0 radical (unpaired) electrons. The smallest absolute Gasteiger partial charge is 0.416 e. The van der Waals surface area contributed by atoms with Crippen LogP contribution in [0.2, 0.25) is 5.02 Å². The van der Waals surface area contributed by atoms with E-state index in [-0.39, 0.29) is 28.2 Å². The summed E-state index contributed by atoms with van der Waals surface area (Å²) in [6.07, 6.45) is -0.0580. The van der Waals surface area contributed by atoms with Crippen LogP contribution in [0.3, 0.4) is 0 Å². The van der Waals surface area contributed by atoms with E-state index in [2.05, 4.69) is 20.0 Å². The van der Waals surface area contributed by atoms with Crippen LogP contribution in [0.25, 0.3) is 22.3 Å². The number of thiazole rings is 1. The fourth-order valence-corrected chi connectivity index (χ4v) is 10.7. The molecule has 1 amide bonds. The standard InChI is InChI=1S/C61H82ClF4N5O16S2/c1-75-17-18-77-21-22-79-25-26-81-29-30-83-33-34-85-37-38-86-36-35-84-32-31-82-28-27-80-24-23-78-20-19-76-16-11-60(72)71-14-9-47(10-15-71)7-12-67-44-52-40-50(8-13-68-52)53-41-49(48-3-2-4-51(39-48)61(64,65)66)5-6-56(53)87-57-43-55(63)58(42-54(57)62)89(73,74)70-59-45-88-46-69-59/h2-6,8,13,39-43,45-47,67,70H,7,9-12,14-38,44H2,1H3.